The van der Waals surface area contributed by atoms with Gasteiger partial charge in [0.05, 0.1) is 0 Å². The molecule has 0 fully saturated rings. The maximum absolute atomic E-state index is 5.77. The lowest BCUT2D eigenvalue weighted by molar-refractivity contribution is 0.461. The number of hydrazine groups is 1. The minimum atomic E-state index is 0.343. The van der Waals surface area contributed by atoms with Gasteiger partial charge in [-0.25, -0.2) is 10.8 Å². The second-order valence-electron chi connectivity index (χ2n) is 5.09. The number of ether oxygens (including phenoxy) is 1. The van der Waals surface area contributed by atoms with Crippen LogP contribution in [0.2, 0.25) is 0 Å². The van der Waals surface area contributed by atoms with Crippen LogP contribution in [-0.2, 0) is 0 Å². The minimum Gasteiger partial charge on any atom is -0.439 e. The van der Waals surface area contributed by atoms with Gasteiger partial charge in [0.15, 0.2) is 0 Å². The van der Waals surface area contributed by atoms with Crippen LogP contribution in [0, 0.1) is 13.8 Å². The van der Waals surface area contributed by atoms with E-state index in [1.54, 1.807) is 6.07 Å². The standard InChI is InChI=1S/C15H20N4O/c1-9(2)13-6-5-12(7-10(13)3)20-14-8-11(4)17-15(18-14)19-16/h5-9H,16H2,1-4H3,(H,17,18,19). The van der Waals surface area contributed by atoms with Gasteiger partial charge in [-0.2, -0.15) is 4.98 Å². The summed E-state index contributed by atoms with van der Waals surface area (Å²) in [5, 5.41) is 0. The summed E-state index contributed by atoms with van der Waals surface area (Å²) in [6.07, 6.45) is 0. The molecule has 3 N–H and O–H groups in total. The van der Waals surface area contributed by atoms with Crippen molar-refractivity contribution >= 4 is 5.95 Å². The van der Waals surface area contributed by atoms with Gasteiger partial charge in [0.2, 0.25) is 11.8 Å². The number of hydrogen-bond acceptors (Lipinski definition) is 5. The highest BCUT2D eigenvalue weighted by Crippen LogP contribution is 2.26. The molecule has 0 aliphatic rings. The van der Waals surface area contributed by atoms with Crippen LogP contribution in [-0.4, -0.2) is 9.97 Å². The van der Waals surface area contributed by atoms with Crippen LogP contribution >= 0.6 is 0 Å². The lowest BCUT2D eigenvalue weighted by Gasteiger charge is -2.12. The zero-order valence-electron chi connectivity index (χ0n) is 12.3. The van der Waals surface area contributed by atoms with Gasteiger partial charge in [0, 0.05) is 11.8 Å². The Morgan fingerprint density at radius 2 is 1.90 bits per heavy atom. The van der Waals surface area contributed by atoms with Crippen molar-refractivity contribution in [2.24, 2.45) is 5.84 Å². The number of nitrogen functional groups attached to an aromatic ring is 1. The summed E-state index contributed by atoms with van der Waals surface area (Å²) in [5.74, 6) is 7.40. The Labute approximate surface area is 119 Å². The lowest BCUT2D eigenvalue weighted by atomic mass is 9.98. The van der Waals surface area contributed by atoms with Crippen molar-refractivity contribution < 1.29 is 4.74 Å². The molecule has 5 nitrogen and oxygen atoms in total. The highest BCUT2D eigenvalue weighted by molar-refractivity contribution is 5.39. The molecule has 0 spiro atoms. The Hall–Kier alpha value is -2.14. The van der Waals surface area contributed by atoms with Gasteiger partial charge < -0.3 is 4.74 Å². The second-order valence-corrected chi connectivity index (χ2v) is 5.09. The van der Waals surface area contributed by atoms with Crippen LogP contribution in [0.4, 0.5) is 5.95 Å². The van der Waals surface area contributed by atoms with Crippen molar-refractivity contribution in [1.82, 2.24) is 9.97 Å². The molecule has 106 valence electrons. The molecule has 2 aromatic rings. The summed E-state index contributed by atoms with van der Waals surface area (Å²) in [4.78, 5) is 8.29. The molecular weight excluding hydrogens is 252 g/mol. The fraction of sp³-hybridized carbons (Fsp3) is 0.333. The molecule has 0 aliphatic carbocycles. The van der Waals surface area contributed by atoms with E-state index in [-0.39, 0.29) is 0 Å². The molecule has 1 aromatic carbocycles. The third-order valence-electron chi connectivity index (χ3n) is 3.05. The average Bonchev–Trinajstić information content (AvgIpc) is 2.37. The first-order valence-corrected chi connectivity index (χ1v) is 6.60. The van der Waals surface area contributed by atoms with Crippen LogP contribution in [0.5, 0.6) is 11.6 Å². The van der Waals surface area contributed by atoms with Crippen LogP contribution in [0.3, 0.4) is 0 Å². The normalized spacial score (nSPS) is 10.7. The maximum Gasteiger partial charge on any atom is 0.240 e. The van der Waals surface area contributed by atoms with Crippen molar-refractivity contribution in [3.63, 3.8) is 0 Å². The Kier molecular flexibility index (Phi) is 4.20. The maximum atomic E-state index is 5.77. The number of nitrogens with two attached hydrogens (primary N) is 1. The van der Waals surface area contributed by atoms with Gasteiger partial charge in [0.25, 0.3) is 0 Å². The van der Waals surface area contributed by atoms with Gasteiger partial charge in [0.1, 0.15) is 5.75 Å². The van der Waals surface area contributed by atoms with Gasteiger partial charge >= 0.3 is 0 Å². The Bertz CT molecular complexity index is 611. The fourth-order valence-electron chi connectivity index (χ4n) is 2.14. The molecule has 2 rings (SSSR count). The zero-order chi connectivity index (χ0) is 14.7. The molecule has 1 heterocycles. The van der Waals surface area contributed by atoms with Gasteiger partial charge in [-0.05, 0) is 43.0 Å². The van der Waals surface area contributed by atoms with Crippen LogP contribution in [0.15, 0.2) is 24.3 Å². The van der Waals surface area contributed by atoms with Gasteiger partial charge in [-0.15, -0.1) is 0 Å². The number of nitrogens with zero attached hydrogens (tertiary/aromatic N) is 2. The van der Waals surface area contributed by atoms with E-state index in [9.17, 15) is 0 Å². The van der Waals surface area contributed by atoms with Crippen molar-refractivity contribution in [3.8, 4) is 11.6 Å². The number of rotatable bonds is 4. The summed E-state index contributed by atoms with van der Waals surface area (Å²) in [7, 11) is 0. The van der Waals surface area contributed by atoms with E-state index in [0.29, 0.717) is 17.7 Å². The summed E-state index contributed by atoms with van der Waals surface area (Å²) < 4.78 is 5.77. The molecule has 0 saturated heterocycles. The molecule has 20 heavy (non-hydrogen) atoms. The van der Waals surface area contributed by atoms with E-state index in [0.717, 1.165) is 11.4 Å². The second kappa shape index (κ2) is 5.88. The molecule has 0 unspecified atom stereocenters. The number of benzene rings is 1. The molecule has 1 aromatic heterocycles. The lowest BCUT2D eigenvalue weighted by Crippen LogP contribution is -2.11. The van der Waals surface area contributed by atoms with Crippen molar-refractivity contribution in [1.29, 1.82) is 0 Å². The number of anilines is 1. The number of nitrogens with one attached hydrogen (secondary N) is 1. The third-order valence-corrected chi connectivity index (χ3v) is 3.05. The van der Waals surface area contributed by atoms with Crippen LogP contribution in [0.25, 0.3) is 0 Å². The summed E-state index contributed by atoms with van der Waals surface area (Å²) in [6, 6.07) is 7.83. The first-order chi connectivity index (χ1) is 9.49. The summed E-state index contributed by atoms with van der Waals surface area (Å²) in [6.45, 7) is 8.30. The number of hydrogen-bond donors (Lipinski definition) is 2. The predicted octanol–water partition coefficient (Wildman–Crippen LogP) is 3.29. The molecule has 0 aliphatic heterocycles. The SMILES string of the molecule is Cc1cc(Oc2ccc(C(C)C)c(C)c2)nc(NN)n1. The Morgan fingerprint density at radius 3 is 2.50 bits per heavy atom. The largest absolute Gasteiger partial charge is 0.439 e. The molecule has 0 amide bonds. The van der Waals surface area contributed by atoms with E-state index in [4.69, 9.17) is 10.6 Å². The zero-order valence-corrected chi connectivity index (χ0v) is 12.3. The first kappa shape index (κ1) is 14.3. The molecule has 5 heteroatoms. The summed E-state index contributed by atoms with van der Waals surface area (Å²) >= 11 is 0. The van der Waals surface area contributed by atoms with E-state index >= 15 is 0 Å². The molecule has 0 saturated carbocycles. The smallest absolute Gasteiger partial charge is 0.240 e. The molecule has 0 radical (unpaired) electrons. The minimum absolute atomic E-state index is 0.343. The van der Waals surface area contributed by atoms with Crippen molar-refractivity contribution in [2.75, 3.05) is 5.43 Å². The first-order valence-electron chi connectivity index (χ1n) is 6.60. The number of aryl methyl sites for hydroxylation is 2. The Balaban J connectivity index is 2.26. The van der Waals surface area contributed by atoms with Crippen molar-refractivity contribution in [3.05, 3.63) is 41.1 Å². The molecular formula is C15H20N4O. The highest BCUT2D eigenvalue weighted by atomic mass is 16.5. The van der Waals surface area contributed by atoms with Crippen molar-refractivity contribution in [2.45, 2.75) is 33.6 Å². The van der Waals surface area contributed by atoms with Gasteiger partial charge in [-0.1, -0.05) is 19.9 Å². The third kappa shape index (κ3) is 3.24. The number of aromatic nitrogens is 2. The molecule has 0 bridgehead atoms. The predicted molar refractivity (Wildman–Crippen MR) is 79.9 cm³/mol. The van der Waals surface area contributed by atoms with E-state index in [1.165, 1.54) is 11.1 Å². The van der Waals surface area contributed by atoms with Crippen LogP contribution in [0.1, 0.15) is 36.6 Å². The highest BCUT2D eigenvalue weighted by Gasteiger charge is 2.07. The van der Waals surface area contributed by atoms with Gasteiger partial charge in [-0.3, -0.25) is 5.43 Å². The fourth-order valence-corrected chi connectivity index (χ4v) is 2.14. The van der Waals surface area contributed by atoms with E-state index < -0.39 is 0 Å². The quantitative estimate of drug-likeness (QED) is 0.660. The van der Waals surface area contributed by atoms with E-state index in [1.807, 2.05) is 19.1 Å². The summed E-state index contributed by atoms with van der Waals surface area (Å²) in [5.41, 5.74) is 5.75. The Morgan fingerprint density at radius 1 is 1.15 bits per heavy atom. The van der Waals surface area contributed by atoms with Crippen LogP contribution < -0.4 is 16.0 Å². The molecule has 0 atom stereocenters. The monoisotopic (exact) mass is 272 g/mol. The average molecular weight is 272 g/mol. The topological polar surface area (TPSA) is 73.1 Å². The van der Waals surface area contributed by atoms with E-state index in [2.05, 4.69) is 42.2 Å².